The van der Waals surface area contributed by atoms with Gasteiger partial charge < -0.3 is 10.2 Å². The minimum atomic E-state index is -3.17. The van der Waals surface area contributed by atoms with Gasteiger partial charge in [-0.15, -0.1) is 0 Å². The summed E-state index contributed by atoms with van der Waals surface area (Å²) in [7, 11) is -3.17. The number of piperidine rings is 2. The van der Waals surface area contributed by atoms with Crippen molar-refractivity contribution in [3.8, 4) is 6.07 Å². The van der Waals surface area contributed by atoms with Crippen molar-refractivity contribution in [3.63, 3.8) is 0 Å². The van der Waals surface area contributed by atoms with Crippen LogP contribution in [0.2, 0.25) is 0 Å². The fraction of sp³-hybridized carbons (Fsp3) is 0.667. The highest BCUT2D eigenvalue weighted by Gasteiger charge is 2.29. The predicted molar refractivity (Wildman–Crippen MR) is 104 cm³/mol. The van der Waals surface area contributed by atoms with E-state index in [1.165, 1.54) is 16.8 Å². The van der Waals surface area contributed by atoms with Crippen LogP contribution in [0.15, 0.2) is 12.4 Å². The largest absolute Gasteiger partial charge is 0.356 e. The summed E-state index contributed by atoms with van der Waals surface area (Å²) in [5, 5.41) is 12.2. The Labute approximate surface area is 165 Å². The monoisotopic (exact) mass is 406 g/mol. The van der Waals surface area contributed by atoms with E-state index in [4.69, 9.17) is 5.26 Å². The number of amides is 1. The van der Waals surface area contributed by atoms with Crippen LogP contribution >= 0.6 is 0 Å². The third kappa shape index (κ3) is 4.97. The standard InChI is InChI=1S/C18H26N6O3S/c1-28(26,27)24-10-4-15(5-11-24)18(25)22-13-14-2-8-23(9-3-14)17-16(12-19)20-6-7-21-17/h6-7,14-15H,2-5,8-11,13H2,1H3,(H,22,25). The van der Waals surface area contributed by atoms with E-state index in [0.717, 1.165) is 25.9 Å². The van der Waals surface area contributed by atoms with Crippen molar-refractivity contribution in [2.45, 2.75) is 25.7 Å². The average molecular weight is 407 g/mol. The number of carbonyl (C=O) groups is 1. The highest BCUT2D eigenvalue weighted by molar-refractivity contribution is 7.88. The molecule has 0 spiro atoms. The van der Waals surface area contributed by atoms with Crippen molar-refractivity contribution in [2.24, 2.45) is 11.8 Å². The number of aromatic nitrogens is 2. The summed E-state index contributed by atoms with van der Waals surface area (Å²) in [6, 6.07) is 2.08. The van der Waals surface area contributed by atoms with E-state index in [-0.39, 0.29) is 11.8 Å². The van der Waals surface area contributed by atoms with Crippen LogP contribution in [0.1, 0.15) is 31.4 Å². The zero-order valence-electron chi connectivity index (χ0n) is 16.0. The van der Waals surface area contributed by atoms with E-state index < -0.39 is 10.0 Å². The highest BCUT2D eigenvalue weighted by atomic mass is 32.2. The van der Waals surface area contributed by atoms with Gasteiger partial charge in [0.1, 0.15) is 6.07 Å². The average Bonchev–Trinajstić information content (AvgIpc) is 2.72. The Morgan fingerprint density at radius 1 is 1.18 bits per heavy atom. The number of nitriles is 1. The number of sulfonamides is 1. The van der Waals surface area contributed by atoms with Crippen molar-refractivity contribution < 1.29 is 13.2 Å². The number of hydrogen-bond acceptors (Lipinski definition) is 7. The Hall–Kier alpha value is -2.25. The topological polar surface area (TPSA) is 119 Å². The first kappa shape index (κ1) is 20.5. The van der Waals surface area contributed by atoms with Gasteiger partial charge in [-0.1, -0.05) is 0 Å². The molecule has 3 heterocycles. The SMILES string of the molecule is CS(=O)(=O)N1CCC(C(=O)NCC2CCN(c3nccnc3C#N)CC2)CC1. The first-order valence-corrected chi connectivity index (χ1v) is 11.4. The third-order valence-electron chi connectivity index (χ3n) is 5.56. The molecule has 1 amide bonds. The lowest BCUT2D eigenvalue weighted by Crippen LogP contribution is -2.44. The lowest BCUT2D eigenvalue weighted by atomic mass is 9.94. The molecule has 0 atom stereocenters. The summed E-state index contributed by atoms with van der Waals surface area (Å²) < 4.78 is 24.6. The molecule has 1 aromatic heterocycles. The number of rotatable bonds is 5. The molecule has 2 aliphatic heterocycles. The maximum Gasteiger partial charge on any atom is 0.223 e. The van der Waals surface area contributed by atoms with Gasteiger partial charge in [0, 0.05) is 51.0 Å². The van der Waals surface area contributed by atoms with Crippen LogP contribution in [0, 0.1) is 23.2 Å². The fourth-order valence-electron chi connectivity index (χ4n) is 3.83. The zero-order valence-corrected chi connectivity index (χ0v) is 16.9. The Bertz CT molecular complexity index is 837. The van der Waals surface area contributed by atoms with Crippen LogP contribution in [0.4, 0.5) is 5.82 Å². The Kier molecular flexibility index (Phi) is 6.46. The number of nitrogens with one attached hydrogen (secondary N) is 1. The minimum Gasteiger partial charge on any atom is -0.356 e. The van der Waals surface area contributed by atoms with Crippen LogP contribution in [0.3, 0.4) is 0 Å². The van der Waals surface area contributed by atoms with Crippen molar-refractivity contribution in [1.29, 1.82) is 5.26 Å². The molecule has 0 aliphatic carbocycles. The second-order valence-electron chi connectivity index (χ2n) is 7.45. The molecule has 28 heavy (non-hydrogen) atoms. The van der Waals surface area contributed by atoms with E-state index >= 15 is 0 Å². The van der Waals surface area contributed by atoms with Gasteiger partial charge in [0.05, 0.1) is 6.26 Å². The van der Waals surface area contributed by atoms with Gasteiger partial charge in [0.15, 0.2) is 11.5 Å². The highest BCUT2D eigenvalue weighted by Crippen LogP contribution is 2.23. The molecule has 0 aromatic carbocycles. The third-order valence-corrected chi connectivity index (χ3v) is 6.86. The number of carbonyl (C=O) groups excluding carboxylic acids is 1. The molecule has 9 nitrogen and oxygen atoms in total. The van der Waals surface area contributed by atoms with Gasteiger partial charge in [-0.05, 0) is 31.6 Å². The molecule has 10 heteroatoms. The summed E-state index contributed by atoms with van der Waals surface area (Å²) in [5.74, 6) is 0.927. The maximum atomic E-state index is 12.4. The summed E-state index contributed by atoms with van der Waals surface area (Å²) >= 11 is 0. The molecule has 0 saturated carbocycles. The maximum absolute atomic E-state index is 12.4. The Balaban J connectivity index is 1.42. The van der Waals surface area contributed by atoms with Gasteiger partial charge in [0.25, 0.3) is 0 Å². The Morgan fingerprint density at radius 2 is 1.82 bits per heavy atom. The van der Waals surface area contributed by atoms with E-state index in [0.29, 0.717) is 49.9 Å². The van der Waals surface area contributed by atoms with Crippen molar-refractivity contribution >= 4 is 21.7 Å². The van der Waals surface area contributed by atoms with Crippen LogP contribution in [-0.2, 0) is 14.8 Å². The molecule has 1 aromatic rings. The molecule has 152 valence electrons. The van der Waals surface area contributed by atoms with Crippen LogP contribution in [0.5, 0.6) is 0 Å². The minimum absolute atomic E-state index is 0.0243. The van der Waals surface area contributed by atoms with E-state index in [9.17, 15) is 13.2 Å². The van der Waals surface area contributed by atoms with Gasteiger partial charge in [-0.3, -0.25) is 4.79 Å². The first-order chi connectivity index (χ1) is 13.4. The second kappa shape index (κ2) is 8.84. The summed E-state index contributed by atoms with van der Waals surface area (Å²) in [6.07, 6.45) is 7.28. The van der Waals surface area contributed by atoms with Crippen LogP contribution in [-0.4, -0.2) is 67.6 Å². The van der Waals surface area contributed by atoms with E-state index in [1.54, 1.807) is 6.20 Å². The van der Waals surface area contributed by atoms with Gasteiger partial charge >= 0.3 is 0 Å². The smallest absolute Gasteiger partial charge is 0.223 e. The molecule has 1 N–H and O–H groups in total. The van der Waals surface area contributed by atoms with Gasteiger partial charge in [-0.2, -0.15) is 5.26 Å². The second-order valence-corrected chi connectivity index (χ2v) is 9.43. The van der Waals surface area contributed by atoms with Crippen LogP contribution in [0.25, 0.3) is 0 Å². The fourth-order valence-corrected chi connectivity index (χ4v) is 4.70. The molecular weight excluding hydrogens is 380 g/mol. The van der Waals surface area contributed by atoms with E-state index in [1.807, 2.05) is 0 Å². The summed E-state index contributed by atoms with van der Waals surface area (Å²) in [5.41, 5.74) is 0.342. The first-order valence-electron chi connectivity index (χ1n) is 9.57. The summed E-state index contributed by atoms with van der Waals surface area (Å²) in [6.45, 7) is 3.01. The summed E-state index contributed by atoms with van der Waals surface area (Å²) in [4.78, 5) is 22.8. The van der Waals surface area contributed by atoms with Crippen molar-refractivity contribution in [2.75, 3.05) is 43.9 Å². The molecule has 0 unspecified atom stereocenters. The molecule has 2 aliphatic rings. The normalized spacial score (nSPS) is 19.9. The van der Waals surface area contributed by atoms with Crippen molar-refractivity contribution in [3.05, 3.63) is 18.1 Å². The predicted octanol–water partition coefficient (Wildman–Crippen LogP) is 0.352. The quantitative estimate of drug-likeness (QED) is 0.749. The van der Waals surface area contributed by atoms with Gasteiger partial charge in [0.2, 0.25) is 15.9 Å². The lowest BCUT2D eigenvalue weighted by Gasteiger charge is -2.33. The Morgan fingerprint density at radius 3 is 2.43 bits per heavy atom. The molecule has 2 saturated heterocycles. The number of anilines is 1. The zero-order chi connectivity index (χ0) is 20.1. The molecule has 2 fully saturated rings. The molecular formula is C18H26N6O3S. The number of nitrogens with zero attached hydrogens (tertiary/aromatic N) is 5. The molecule has 0 radical (unpaired) electrons. The molecule has 3 rings (SSSR count). The van der Waals surface area contributed by atoms with Gasteiger partial charge in [-0.25, -0.2) is 22.7 Å². The van der Waals surface area contributed by atoms with E-state index in [2.05, 4.69) is 26.3 Å². The number of hydrogen-bond donors (Lipinski definition) is 1. The lowest BCUT2D eigenvalue weighted by molar-refractivity contribution is -0.126. The van der Waals surface area contributed by atoms with Crippen molar-refractivity contribution in [1.82, 2.24) is 19.6 Å². The molecule has 0 bridgehead atoms. The van der Waals surface area contributed by atoms with Crippen LogP contribution < -0.4 is 10.2 Å².